The molecule has 0 aromatic rings. The molecule has 78 valence electrons. The maximum absolute atomic E-state index is 12.6. The van der Waals surface area contributed by atoms with E-state index in [1.807, 2.05) is 6.21 Å². The highest BCUT2D eigenvalue weighted by atomic mass is 19.1. The summed E-state index contributed by atoms with van der Waals surface area (Å²) in [7, 11) is 0. The van der Waals surface area contributed by atoms with Crippen LogP contribution in [0, 0.1) is 5.92 Å². The second-order valence-corrected chi connectivity index (χ2v) is 3.16. The predicted octanol–water partition coefficient (Wildman–Crippen LogP) is 4.05. The van der Waals surface area contributed by atoms with E-state index in [-0.39, 0.29) is 5.83 Å². The number of hydrogen-bond acceptors (Lipinski definition) is 1. The van der Waals surface area contributed by atoms with E-state index in [1.54, 1.807) is 13.0 Å². The maximum Gasteiger partial charge on any atom is 0.119 e. The van der Waals surface area contributed by atoms with Crippen LogP contribution < -0.4 is 0 Å². The molecule has 2 heteroatoms. The van der Waals surface area contributed by atoms with Crippen LogP contribution in [0.25, 0.3) is 0 Å². The molecule has 1 nitrogen and oxygen atoms in total. The predicted molar refractivity (Wildman–Crippen MR) is 61.1 cm³/mol. The Hall–Kier alpha value is -1.18. The van der Waals surface area contributed by atoms with Gasteiger partial charge in [-0.05, 0) is 31.4 Å². The number of halogens is 1. The molecular weight excluding hydrogens is 177 g/mol. The Morgan fingerprint density at radius 1 is 1.50 bits per heavy atom. The molecule has 0 spiro atoms. The normalized spacial score (nSPS) is 15.3. The molecule has 0 saturated heterocycles. The van der Waals surface area contributed by atoms with Crippen LogP contribution in [0.2, 0.25) is 0 Å². The van der Waals surface area contributed by atoms with Crippen molar-refractivity contribution in [2.24, 2.45) is 10.9 Å². The molecule has 1 atom stereocenters. The summed E-state index contributed by atoms with van der Waals surface area (Å²) >= 11 is 0. The summed E-state index contributed by atoms with van der Waals surface area (Å²) < 4.78 is 12.6. The molecule has 0 aromatic heterocycles. The van der Waals surface area contributed by atoms with E-state index >= 15 is 0 Å². The molecule has 0 aliphatic rings. The van der Waals surface area contributed by atoms with Crippen molar-refractivity contribution in [1.29, 1.82) is 0 Å². The number of aliphatic imine (C=N–C) groups is 1. The van der Waals surface area contributed by atoms with Crippen LogP contribution in [-0.4, -0.2) is 6.21 Å². The van der Waals surface area contributed by atoms with E-state index in [0.29, 0.717) is 11.6 Å². The summed E-state index contributed by atoms with van der Waals surface area (Å²) in [5.41, 5.74) is 0.572. The molecule has 0 aliphatic carbocycles. The van der Waals surface area contributed by atoms with E-state index in [1.165, 1.54) is 12.2 Å². The lowest BCUT2D eigenvalue weighted by Crippen LogP contribution is -1.92. The van der Waals surface area contributed by atoms with Crippen LogP contribution in [0.5, 0.6) is 0 Å². The zero-order chi connectivity index (χ0) is 11.0. The van der Waals surface area contributed by atoms with Crippen LogP contribution in [0.1, 0.15) is 27.2 Å². The highest BCUT2D eigenvalue weighted by Gasteiger charge is 1.91. The fraction of sp³-hybridized carbons (Fsp3) is 0.417. The van der Waals surface area contributed by atoms with Crippen LogP contribution in [0.3, 0.4) is 0 Å². The van der Waals surface area contributed by atoms with Crippen molar-refractivity contribution in [3.8, 4) is 0 Å². The van der Waals surface area contributed by atoms with Crippen LogP contribution >= 0.6 is 0 Å². The van der Waals surface area contributed by atoms with Gasteiger partial charge in [-0.3, -0.25) is 4.99 Å². The van der Waals surface area contributed by atoms with E-state index in [0.717, 1.165) is 6.42 Å². The Kier molecular flexibility index (Phi) is 6.63. The van der Waals surface area contributed by atoms with Gasteiger partial charge in [0.15, 0.2) is 0 Å². The van der Waals surface area contributed by atoms with E-state index in [2.05, 4.69) is 25.4 Å². The minimum absolute atomic E-state index is 0.273. The first kappa shape index (κ1) is 12.8. The summed E-state index contributed by atoms with van der Waals surface area (Å²) in [4.78, 5) is 4.10. The molecule has 14 heavy (non-hydrogen) atoms. The number of nitrogens with zero attached hydrogens (tertiary/aromatic N) is 1. The molecule has 1 unspecified atom stereocenters. The minimum atomic E-state index is -0.273. The molecule has 0 bridgehead atoms. The van der Waals surface area contributed by atoms with Gasteiger partial charge in [-0.2, -0.15) is 0 Å². The van der Waals surface area contributed by atoms with E-state index in [4.69, 9.17) is 0 Å². The lowest BCUT2D eigenvalue weighted by molar-refractivity contribution is 0.664. The molecular formula is C12H18FN. The van der Waals surface area contributed by atoms with Crippen molar-refractivity contribution < 1.29 is 4.39 Å². The quantitative estimate of drug-likeness (QED) is 0.463. The minimum Gasteiger partial charge on any atom is -0.262 e. The second-order valence-electron chi connectivity index (χ2n) is 3.16. The molecule has 0 fully saturated rings. The molecule has 0 amide bonds. The summed E-state index contributed by atoms with van der Waals surface area (Å²) in [6.07, 6.45) is 7.19. The molecule has 0 saturated carbocycles. The average molecular weight is 195 g/mol. The Morgan fingerprint density at radius 3 is 2.64 bits per heavy atom. The van der Waals surface area contributed by atoms with E-state index < -0.39 is 0 Å². The van der Waals surface area contributed by atoms with Crippen LogP contribution in [-0.2, 0) is 0 Å². The zero-order valence-corrected chi connectivity index (χ0v) is 9.13. The second kappa shape index (κ2) is 7.25. The first-order valence-electron chi connectivity index (χ1n) is 4.83. The Bertz CT molecular complexity index is 261. The first-order chi connectivity index (χ1) is 6.60. The van der Waals surface area contributed by atoms with Crippen LogP contribution in [0.15, 0.2) is 41.3 Å². The number of hydrogen-bond donors (Lipinski definition) is 0. The van der Waals surface area contributed by atoms with Crippen molar-refractivity contribution in [2.75, 3.05) is 0 Å². The van der Waals surface area contributed by atoms with Gasteiger partial charge in [0.2, 0.25) is 0 Å². The third kappa shape index (κ3) is 6.35. The van der Waals surface area contributed by atoms with Gasteiger partial charge >= 0.3 is 0 Å². The Labute approximate surface area is 85.7 Å². The van der Waals surface area contributed by atoms with Crippen molar-refractivity contribution in [3.05, 3.63) is 36.3 Å². The van der Waals surface area contributed by atoms with Gasteiger partial charge < -0.3 is 0 Å². The SMILES string of the molecule is C=C(/C=C\C(F)=C/C)N=CC(C)CC. The summed E-state index contributed by atoms with van der Waals surface area (Å²) in [6, 6.07) is 0. The van der Waals surface area contributed by atoms with Gasteiger partial charge in [0.1, 0.15) is 5.83 Å². The fourth-order valence-electron chi connectivity index (χ4n) is 0.643. The van der Waals surface area contributed by atoms with Gasteiger partial charge in [-0.15, -0.1) is 0 Å². The number of rotatable bonds is 5. The summed E-state index contributed by atoms with van der Waals surface area (Å²) in [5, 5.41) is 0. The monoisotopic (exact) mass is 195 g/mol. The van der Waals surface area contributed by atoms with Crippen molar-refractivity contribution in [3.63, 3.8) is 0 Å². The molecule has 0 rings (SSSR count). The van der Waals surface area contributed by atoms with Crippen molar-refractivity contribution in [2.45, 2.75) is 27.2 Å². The topological polar surface area (TPSA) is 12.4 Å². The Morgan fingerprint density at radius 2 is 2.14 bits per heavy atom. The van der Waals surface area contributed by atoms with Gasteiger partial charge in [-0.25, -0.2) is 4.39 Å². The zero-order valence-electron chi connectivity index (χ0n) is 9.13. The van der Waals surface area contributed by atoms with Crippen LogP contribution in [0.4, 0.5) is 4.39 Å². The lowest BCUT2D eigenvalue weighted by Gasteiger charge is -1.98. The molecule has 0 aromatic carbocycles. The molecule has 0 radical (unpaired) electrons. The van der Waals surface area contributed by atoms with Gasteiger partial charge in [0.25, 0.3) is 0 Å². The largest absolute Gasteiger partial charge is 0.262 e. The van der Waals surface area contributed by atoms with E-state index in [9.17, 15) is 4.39 Å². The summed E-state index contributed by atoms with van der Waals surface area (Å²) in [6.45, 7) is 9.50. The van der Waals surface area contributed by atoms with Gasteiger partial charge in [0.05, 0.1) is 5.70 Å². The first-order valence-corrected chi connectivity index (χ1v) is 4.83. The highest BCUT2D eigenvalue weighted by molar-refractivity contribution is 5.62. The van der Waals surface area contributed by atoms with Crippen molar-refractivity contribution >= 4 is 6.21 Å². The third-order valence-electron chi connectivity index (χ3n) is 1.85. The Balaban J connectivity index is 4.11. The third-order valence-corrected chi connectivity index (χ3v) is 1.85. The molecule has 0 aliphatic heterocycles. The smallest absolute Gasteiger partial charge is 0.119 e. The standard InChI is InChI=1S/C12H18FN/c1-5-10(3)9-14-11(4)7-8-12(13)6-2/h6-10H,4-5H2,1-3H3/b8-7-,12-6+,14-9?. The molecule has 0 N–H and O–H groups in total. The summed E-state index contributed by atoms with van der Waals surface area (Å²) in [5.74, 6) is 0.164. The van der Waals surface area contributed by atoms with Gasteiger partial charge in [0, 0.05) is 6.21 Å². The maximum atomic E-state index is 12.6. The number of allylic oxidation sites excluding steroid dienone is 4. The molecule has 0 heterocycles. The lowest BCUT2D eigenvalue weighted by atomic mass is 10.1. The van der Waals surface area contributed by atoms with Gasteiger partial charge in [-0.1, -0.05) is 26.5 Å². The van der Waals surface area contributed by atoms with Crippen molar-refractivity contribution in [1.82, 2.24) is 0 Å². The highest BCUT2D eigenvalue weighted by Crippen LogP contribution is 2.03. The average Bonchev–Trinajstić information content (AvgIpc) is 2.22. The fourth-order valence-corrected chi connectivity index (χ4v) is 0.643.